The molecule has 1 unspecified atom stereocenters. The van der Waals surface area contributed by atoms with Crippen molar-refractivity contribution in [3.8, 4) is 0 Å². The molecule has 1 aromatic carbocycles. The number of benzene rings is 1. The van der Waals surface area contributed by atoms with Crippen LogP contribution in [0.15, 0.2) is 18.2 Å². The molecule has 1 amide bonds. The summed E-state index contributed by atoms with van der Waals surface area (Å²) in [5.74, 6) is -0.222. The summed E-state index contributed by atoms with van der Waals surface area (Å²) < 4.78 is 13.1. The van der Waals surface area contributed by atoms with E-state index in [0.29, 0.717) is 19.5 Å². The normalized spacial score (nSPS) is 20.1. The van der Waals surface area contributed by atoms with Gasteiger partial charge in [0.25, 0.3) is 0 Å². The number of aliphatic hydroxyl groups excluding tert-OH is 1. The van der Waals surface area contributed by atoms with Gasteiger partial charge in [0, 0.05) is 32.0 Å². The van der Waals surface area contributed by atoms with Gasteiger partial charge in [-0.25, -0.2) is 4.39 Å². The first kappa shape index (κ1) is 12.0. The zero-order chi connectivity index (χ0) is 12.4. The van der Waals surface area contributed by atoms with Gasteiger partial charge >= 0.3 is 0 Å². The molecule has 1 atom stereocenters. The molecule has 1 aliphatic rings. The number of halogens is 1. The highest BCUT2D eigenvalue weighted by Crippen LogP contribution is 2.21. The maximum Gasteiger partial charge on any atom is 0.223 e. The molecule has 1 heterocycles. The number of carbonyl (C=O) groups excluding carboxylic acids is 1. The zero-order valence-electron chi connectivity index (χ0n) is 9.82. The molecule has 0 saturated carbocycles. The van der Waals surface area contributed by atoms with Crippen LogP contribution in [0.4, 0.5) is 4.39 Å². The van der Waals surface area contributed by atoms with Gasteiger partial charge in [-0.05, 0) is 30.2 Å². The molecular weight excluding hydrogens is 221 g/mol. The van der Waals surface area contributed by atoms with Crippen LogP contribution >= 0.6 is 0 Å². The molecule has 0 aromatic heterocycles. The van der Waals surface area contributed by atoms with Crippen molar-refractivity contribution in [3.05, 3.63) is 35.1 Å². The third-order valence-electron chi connectivity index (χ3n) is 3.23. The molecule has 0 spiro atoms. The quantitative estimate of drug-likeness (QED) is 0.865. The van der Waals surface area contributed by atoms with Crippen LogP contribution in [-0.2, 0) is 11.3 Å². The van der Waals surface area contributed by atoms with Gasteiger partial charge in [0.1, 0.15) is 5.82 Å². The third-order valence-corrected chi connectivity index (χ3v) is 3.23. The van der Waals surface area contributed by atoms with Crippen molar-refractivity contribution in [1.82, 2.24) is 4.90 Å². The molecule has 92 valence electrons. The van der Waals surface area contributed by atoms with Crippen molar-refractivity contribution in [2.75, 3.05) is 13.2 Å². The number of nitrogens with zero attached hydrogens (tertiary/aromatic N) is 1. The second-order valence-corrected chi connectivity index (χ2v) is 4.60. The molecule has 1 fully saturated rings. The van der Waals surface area contributed by atoms with Crippen molar-refractivity contribution in [1.29, 1.82) is 0 Å². The van der Waals surface area contributed by atoms with E-state index in [1.807, 2.05) is 6.92 Å². The highest BCUT2D eigenvalue weighted by molar-refractivity contribution is 5.78. The first-order valence-corrected chi connectivity index (χ1v) is 5.74. The summed E-state index contributed by atoms with van der Waals surface area (Å²) in [6.07, 6.45) is 0.394. The SMILES string of the molecule is Cc1ccc(F)cc1CN1CC(CO)CC1=O. The summed E-state index contributed by atoms with van der Waals surface area (Å²) in [6, 6.07) is 4.60. The number of aliphatic hydroxyl groups is 1. The van der Waals surface area contributed by atoms with Crippen molar-refractivity contribution >= 4 is 5.91 Å². The summed E-state index contributed by atoms with van der Waals surface area (Å²) in [6.45, 7) is 2.92. The average molecular weight is 237 g/mol. The van der Waals surface area contributed by atoms with Gasteiger partial charge in [0.05, 0.1) is 0 Å². The van der Waals surface area contributed by atoms with Gasteiger partial charge in [-0.15, -0.1) is 0 Å². The zero-order valence-corrected chi connectivity index (χ0v) is 9.82. The lowest BCUT2D eigenvalue weighted by atomic mass is 10.1. The monoisotopic (exact) mass is 237 g/mol. The van der Waals surface area contributed by atoms with E-state index in [4.69, 9.17) is 5.11 Å². The topological polar surface area (TPSA) is 40.5 Å². The molecule has 1 aliphatic heterocycles. The second kappa shape index (κ2) is 4.84. The minimum Gasteiger partial charge on any atom is -0.396 e. The largest absolute Gasteiger partial charge is 0.396 e. The summed E-state index contributed by atoms with van der Waals surface area (Å²) in [5.41, 5.74) is 1.81. The van der Waals surface area contributed by atoms with Crippen LogP contribution in [0.25, 0.3) is 0 Å². The summed E-state index contributed by atoms with van der Waals surface area (Å²) in [5, 5.41) is 9.03. The summed E-state index contributed by atoms with van der Waals surface area (Å²) >= 11 is 0. The van der Waals surface area contributed by atoms with Gasteiger partial charge in [0.2, 0.25) is 5.91 Å². The molecule has 1 N–H and O–H groups in total. The van der Waals surface area contributed by atoms with Gasteiger partial charge in [-0.3, -0.25) is 4.79 Å². The Balaban J connectivity index is 2.11. The smallest absolute Gasteiger partial charge is 0.223 e. The Kier molecular flexibility index (Phi) is 3.43. The lowest BCUT2D eigenvalue weighted by Crippen LogP contribution is -2.25. The predicted molar refractivity (Wildman–Crippen MR) is 61.7 cm³/mol. The van der Waals surface area contributed by atoms with Crippen molar-refractivity contribution in [2.24, 2.45) is 5.92 Å². The minimum atomic E-state index is -0.282. The van der Waals surface area contributed by atoms with Crippen LogP contribution in [-0.4, -0.2) is 29.1 Å². The molecule has 4 heteroatoms. The van der Waals surface area contributed by atoms with Gasteiger partial charge in [-0.2, -0.15) is 0 Å². The molecule has 17 heavy (non-hydrogen) atoms. The Morgan fingerprint density at radius 3 is 2.94 bits per heavy atom. The average Bonchev–Trinajstić information content (AvgIpc) is 2.65. The standard InChI is InChI=1S/C13H16FNO2/c1-9-2-3-12(14)5-11(9)7-15-6-10(8-16)4-13(15)17/h2-3,5,10,16H,4,6-8H2,1H3. The van der Waals surface area contributed by atoms with E-state index in [1.54, 1.807) is 11.0 Å². The first-order valence-electron chi connectivity index (χ1n) is 5.74. The fourth-order valence-electron chi connectivity index (χ4n) is 2.15. The predicted octanol–water partition coefficient (Wildman–Crippen LogP) is 1.47. The fraction of sp³-hybridized carbons (Fsp3) is 0.462. The lowest BCUT2D eigenvalue weighted by molar-refractivity contribution is -0.128. The number of hydrogen-bond donors (Lipinski definition) is 1. The number of aryl methyl sites for hydroxylation is 1. The maximum atomic E-state index is 13.1. The third kappa shape index (κ3) is 2.64. The van der Waals surface area contributed by atoms with E-state index in [2.05, 4.69) is 0 Å². The van der Waals surface area contributed by atoms with E-state index in [0.717, 1.165) is 11.1 Å². The van der Waals surface area contributed by atoms with E-state index in [1.165, 1.54) is 12.1 Å². The molecule has 0 radical (unpaired) electrons. The van der Waals surface area contributed by atoms with Crippen molar-refractivity contribution < 1.29 is 14.3 Å². The Hall–Kier alpha value is -1.42. The Morgan fingerprint density at radius 2 is 2.29 bits per heavy atom. The van der Waals surface area contributed by atoms with Crippen LogP contribution < -0.4 is 0 Å². The number of likely N-dealkylation sites (tertiary alicyclic amines) is 1. The molecule has 0 bridgehead atoms. The molecule has 1 aromatic rings. The van der Waals surface area contributed by atoms with Gasteiger partial charge in [-0.1, -0.05) is 6.07 Å². The van der Waals surface area contributed by atoms with Crippen LogP contribution in [0.1, 0.15) is 17.5 Å². The molecule has 1 saturated heterocycles. The maximum absolute atomic E-state index is 13.1. The van der Waals surface area contributed by atoms with E-state index in [-0.39, 0.29) is 24.2 Å². The molecule has 2 rings (SSSR count). The first-order chi connectivity index (χ1) is 8.10. The molecular formula is C13H16FNO2. The van der Waals surface area contributed by atoms with Crippen molar-refractivity contribution in [2.45, 2.75) is 19.9 Å². The number of carbonyl (C=O) groups is 1. The Labute approximate surface area is 99.9 Å². The van der Waals surface area contributed by atoms with E-state index >= 15 is 0 Å². The Morgan fingerprint density at radius 1 is 1.53 bits per heavy atom. The van der Waals surface area contributed by atoms with Crippen LogP contribution in [0.2, 0.25) is 0 Å². The van der Waals surface area contributed by atoms with Crippen LogP contribution in [0.5, 0.6) is 0 Å². The highest BCUT2D eigenvalue weighted by Gasteiger charge is 2.29. The minimum absolute atomic E-state index is 0.0244. The van der Waals surface area contributed by atoms with E-state index in [9.17, 15) is 9.18 Å². The number of rotatable bonds is 3. The van der Waals surface area contributed by atoms with E-state index < -0.39 is 0 Å². The second-order valence-electron chi connectivity index (χ2n) is 4.60. The number of amides is 1. The highest BCUT2D eigenvalue weighted by atomic mass is 19.1. The number of hydrogen-bond acceptors (Lipinski definition) is 2. The summed E-state index contributed by atoms with van der Waals surface area (Å²) in [7, 11) is 0. The van der Waals surface area contributed by atoms with Gasteiger partial charge < -0.3 is 10.0 Å². The molecule has 0 aliphatic carbocycles. The Bertz CT molecular complexity index is 433. The van der Waals surface area contributed by atoms with Crippen LogP contribution in [0.3, 0.4) is 0 Å². The van der Waals surface area contributed by atoms with Gasteiger partial charge in [0.15, 0.2) is 0 Å². The molecule has 3 nitrogen and oxygen atoms in total. The lowest BCUT2D eigenvalue weighted by Gasteiger charge is -2.17. The summed E-state index contributed by atoms with van der Waals surface area (Å²) in [4.78, 5) is 13.3. The fourth-order valence-corrected chi connectivity index (χ4v) is 2.15. The van der Waals surface area contributed by atoms with Crippen LogP contribution in [0, 0.1) is 18.7 Å². The van der Waals surface area contributed by atoms with Crippen molar-refractivity contribution in [3.63, 3.8) is 0 Å².